The summed E-state index contributed by atoms with van der Waals surface area (Å²) in [5.41, 5.74) is 2.71. The Bertz CT molecular complexity index is 1070. The Hall–Kier alpha value is -2.84. The maximum absolute atomic E-state index is 13.2. The molecule has 0 spiro atoms. The number of aryl methyl sites for hydroxylation is 1. The van der Waals surface area contributed by atoms with E-state index >= 15 is 0 Å². The number of carbonyl (C=O) groups is 2. The van der Waals surface area contributed by atoms with E-state index < -0.39 is 5.91 Å². The summed E-state index contributed by atoms with van der Waals surface area (Å²) in [6.07, 6.45) is 4.67. The van der Waals surface area contributed by atoms with Crippen molar-refractivity contribution in [1.29, 1.82) is 0 Å². The van der Waals surface area contributed by atoms with Crippen LogP contribution in [0.4, 0.5) is 11.4 Å². The topological polar surface area (TPSA) is 80.1 Å². The maximum atomic E-state index is 13.2. The van der Waals surface area contributed by atoms with Gasteiger partial charge in [-0.1, -0.05) is 11.6 Å². The van der Waals surface area contributed by atoms with Crippen molar-refractivity contribution in [2.45, 2.75) is 19.9 Å². The number of aromatic nitrogens is 3. The number of amides is 2. The fraction of sp³-hybridized carbons (Fsp3) is 0.200. The Morgan fingerprint density at radius 1 is 1.21 bits per heavy atom. The summed E-state index contributed by atoms with van der Waals surface area (Å²) in [7, 11) is 0. The van der Waals surface area contributed by atoms with Crippen LogP contribution in [0.1, 0.15) is 39.4 Å². The lowest BCUT2D eigenvalue weighted by atomic mass is 10.1. The number of hydrogen-bond donors (Lipinski definition) is 1. The molecule has 2 amide bonds. The van der Waals surface area contributed by atoms with E-state index in [0.717, 1.165) is 11.3 Å². The van der Waals surface area contributed by atoms with Crippen molar-refractivity contribution in [3.8, 4) is 0 Å². The highest BCUT2D eigenvalue weighted by Crippen LogP contribution is 2.29. The maximum Gasteiger partial charge on any atom is 0.277 e. The minimum Gasteiger partial charge on any atom is -0.320 e. The number of carbonyl (C=O) groups excluding carboxylic acids is 2. The van der Waals surface area contributed by atoms with Crippen LogP contribution in [0, 0.1) is 6.92 Å². The van der Waals surface area contributed by atoms with Crippen LogP contribution >= 0.6 is 25.1 Å². The van der Waals surface area contributed by atoms with Crippen molar-refractivity contribution in [3.05, 3.63) is 70.8 Å². The Kier molecular flexibility index (Phi) is 5.95. The number of nitrogens with zero attached hydrogens (tertiary/aromatic N) is 4. The minimum absolute atomic E-state index is 0. The zero-order valence-corrected chi connectivity index (χ0v) is 17.6. The van der Waals surface area contributed by atoms with Gasteiger partial charge >= 0.3 is 0 Å². The number of anilines is 2. The van der Waals surface area contributed by atoms with Crippen LogP contribution in [0.15, 0.2) is 48.9 Å². The van der Waals surface area contributed by atoms with E-state index in [1.807, 2.05) is 13.8 Å². The zero-order chi connectivity index (χ0) is 19.8. The Morgan fingerprint density at radius 2 is 1.93 bits per heavy atom. The molecule has 0 aliphatic carbocycles. The second kappa shape index (κ2) is 8.26. The third-order valence-corrected chi connectivity index (χ3v) is 5.03. The molecule has 3 aromatic rings. The first kappa shape index (κ1) is 20.9. The molecule has 0 bridgehead atoms. The standard InChI is InChI=1S/C20H18ClN5O2.H2S/c1-12-7-8-22-10-17(12)24-19(27)16-9-23-26-13(2)11-25(20(28)18(16)26)15-5-3-14(21)4-6-15;/h3-10,13H,11H2,1-2H3,(H,24,27);1H2/t13-;/m0./s1. The molecule has 0 saturated carbocycles. The normalized spacial score (nSPS) is 15.5. The summed E-state index contributed by atoms with van der Waals surface area (Å²) in [5, 5.41) is 7.70. The first-order valence-corrected chi connectivity index (χ1v) is 9.20. The molecule has 29 heavy (non-hydrogen) atoms. The van der Waals surface area contributed by atoms with Crippen molar-refractivity contribution >= 4 is 48.3 Å². The predicted molar refractivity (Wildman–Crippen MR) is 117 cm³/mol. The first-order valence-electron chi connectivity index (χ1n) is 8.82. The number of hydrogen-bond acceptors (Lipinski definition) is 4. The lowest BCUT2D eigenvalue weighted by molar-refractivity contribution is 0.0939. The lowest BCUT2D eigenvalue weighted by Gasteiger charge is -2.32. The van der Waals surface area contributed by atoms with Crippen LogP contribution in [0.2, 0.25) is 5.02 Å². The van der Waals surface area contributed by atoms with E-state index in [-0.39, 0.29) is 36.7 Å². The molecule has 0 saturated heterocycles. The number of nitrogens with one attached hydrogen (secondary N) is 1. The van der Waals surface area contributed by atoms with Crippen LogP contribution in [-0.4, -0.2) is 33.1 Å². The fourth-order valence-electron chi connectivity index (χ4n) is 3.26. The number of pyridine rings is 1. The summed E-state index contributed by atoms with van der Waals surface area (Å²) in [4.78, 5) is 31.7. The number of benzene rings is 1. The van der Waals surface area contributed by atoms with Gasteiger partial charge in [-0.15, -0.1) is 0 Å². The van der Waals surface area contributed by atoms with Crippen molar-refractivity contribution < 1.29 is 9.59 Å². The molecule has 1 aliphatic rings. The lowest BCUT2D eigenvalue weighted by Crippen LogP contribution is -2.43. The van der Waals surface area contributed by atoms with Gasteiger partial charge in [-0.2, -0.15) is 18.6 Å². The monoisotopic (exact) mass is 429 g/mol. The number of fused-ring (bicyclic) bond motifs is 1. The molecular formula is C20H20ClN5O2S. The minimum atomic E-state index is -0.393. The molecule has 4 rings (SSSR count). The van der Waals surface area contributed by atoms with Gasteiger partial charge in [-0.05, 0) is 49.7 Å². The van der Waals surface area contributed by atoms with Crippen molar-refractivity contribution in [2.24, 2.45) is 0 Å². The quantitative estimate of drug-likeness (QED) is 0.686. The Labute approximate surface area is 180 Å². The molecule has 1 aliphatic heterocycles. The number of halogens is 1. The van der Waals surface area contributed by atoms with Gasteiger partial charge in [0, 0.05) is 23.5 Å². The molecule has 1 aromatic carbocycles. The zero-order valence-electron chi connectivity index (χ0n) is 15.9. The van der Waals surface area contributed by atoms with Gasteiger partial charge in [0.05, 0.1) is 29.7 Å². The summed E-state index contributed by atoms with van der Waals surface area (Å²) >= 11 is 5.96. The van der Waals surface area contributed by atoms with Crippen molar-refractivity contribution in [3.63, 3.8) is 0 Å². The van der Waals surface area contributed by atoms with Gasteiger partial charge < -0.3 is 10.2 Å². The van der Waals surface area contributed by atoms with Gasteiger partial charge in [0.25, 0.3) is 11.8 Å². The van der Waals surface area contributed by atoms with Crippen LogP contribution in [0.5, 0.6) is 0 Å². The van der Waals surface area contributed by atoms with E-state index in [1.54, 1.807) is 52.3 Å². The largest absolute Gasteiger partial charge is 0.320 e. The van der Waals surface area contributed by atoms with E-state index in [9.17, 15) is 9.59 Å². The number of rotatable bonds is 3. The smallest absolute Gasteiger partial charge is 0.277 e. The van der Waals surface area contributed by atoms with Crippen molar-refractivity contribution in [2.75, 3.05) is 16.8 Å². The molecule has 0 unspecified atom stereocenters. The fourth-order valence-corrected chi connectivity index (χ4v) is 3.38. The van der Waals surface area contributed by atoms with Crippen LogP contribution in [0.3, 0.4) is 0 Å². The van der Waals surface area contributed by atoms with Crippen LogP contribution in [0.25, 0.3) is 0 Å². The SMILES string of the molecule is Cc1ccncc1NC(=O)c1cnn2c1C(=O)N(c1ccc(Cl)cc1)C[C@@H]2C.S. The summed E-state index contributed by atoms with van der Waals surface area (Å²) in [6, 6.07) is 8.78. The van der Waals surface area contributed by atoms with Gasteiger partial charge in [0.2, 0.25) is 0 Å². The molecule has 9 heteroatoms. The highest BCUT2D eigenvalue weighted by Gasteiger charge is 2.35. The molecule has 2 aromatic heterocycles. The second-order valence-electron chi connectivity index (χ2n) is 6.74. The molecule has 7 nitrogen and oxygen atoms in total. The molecule has 1 atom stereocenters. The summed E-state index contributed by atoms with van der Waals surface area (Å²) in [6.45, 7) is 4.29. The average molecular weight is 430 g/mol. The highest BCUT2D eigenvalue weighted by atomic mass is 35.5. The van der Waals surface area contributed by atoms with E-state index in [2.05, 4.69) is 15.4 Å². The van der Waals surface area contributed by atoms with Crippen LogP contribution in [-0.2, 0) is 0 Å². The van der Waals surface area contributed by atoms with E-state index in [1.165, 1.54) is 6.20 Å². The van der Waals surface area contributed by atoms with Gasteiger partial charge in [0.15, 0.2) is 0 Å². The molecule has 0 radical (unpaired) electrons. The van der Waals surface area contributed by atoms with E-state index in [0.29, 0.717) is 17.3 Å². The van der Waals surface area contributed by atoms with Gasteiger partial charge in [-0.3, -0.25) is 19.3 Å². The molecule has 3 heterocycles. The Balaban J connectivity index is 0.00000240. The van der Waals surface area contributed by atoms with Gasteiger partial charge in [-0.25, -0.2) is 0 Å². The summed E-state index contributed by atoms with van der Waals surface area (Å²) < 4.78 is 1.61. The molecule has 0 fully saturated rings. The highest BCUT2D eigenvalue weighted by molar-refractivity contribution is 7.59. The van der Waals surface area contributed by atoms with Gasteiger partial charge in [0.1, 0.15) is 5.69 Å². The average Bonchev–Trinajstić information content (AvgIpc) is 3.13. The first-order chi connectivity index (χ1) is 13.5. The second-order valence-corrected chi connectivity index (χ2v) is 7.17. The molecular weight excluding hydrogens is 410 g/mol. The van der Waals surface area contributed by atoms with Crippen LogP contribution < -0.4 is 10.2 Å². The third kappa shape index (κ3) is 3.86. The predicted octanol–water partition coefficient (Wildman–Crippen LogP) is 3.83. The molecule has 150 valence electrons. The summed E-state index contributed by atoms with van der Waals surface area (Å²) in [5.74, 6) is -0.665. The van der Waals surface area contributed by atoms with E-state index in [4.69, 9.17) is 11.6 Å². The third-order valence-electron chi connectivity index (χ3n) is 4.78. The van der Waals surface area contributed by atoms with Crippen molar-refractivity contribution in [1.82, 2.24) is 14.8 Å². The molecule has 1 N–H and O–H groups in total. The Morgan fingerprint density at radius 3 is 2.62 bits per heavy atom.